The summed E-state index contributed by atoms with van der Waals surface area (Å²) in [6.45, 7) is 2.32. The summed E-state index contributed by atoms with van der Waals surface area (Å²) in [6, 6.07) is 1.26. The molecule has 3 atom stereocenters. The SMILES string of the molecule is O=c1ccn([C@H]2C[C@H](O)[C@@H](CO)O2)c(=O)n1CCOCCc1cn(CCOCCOCCO)nn1. The molecule has 0 aliphatic carbocycles. The van der Waals surface area contributed by atoms with Crippen LogP contribution >= 0.6 is 0 Å². The van der Waals surface area contributed by atoms with Crippen LogP contribution in [0.2, 0.25) is 0 Å². The lowest BCUT2D eigenvalue weighted by Crippen LogP contribution is -2.41. The molecule has 0 aromatic carbocycles. The summed E-state index contributed by atoms with van der Waals surface area (Å²) in [4.78, 5) is 24.9. The molecule has 196 valence electrons. The Hall–Kier alpha value is -2.46. The number of ether oxygens (including phenoxy) is 4. The summed E-state index contributed by atoms with van der Waals surface area (Å²) < 4.78 is 25.6. The maximum Gasteiger partial charge on any atom is 0.333 e. The highest BCUT2D eigenvalue weighted by molar-refractivity contribution is 4.92. The van der Waals surface area contributed by atoms with Gasteiger partial charge >= 0.3 is 5.69 Å². The van der Waals surface area contributed by atoms with Crippen LogP contribution in [0.5, 0.6) is 0 Å². The van der Waals surface area contributed by atoms with Gasteiger partial charge in [-0.2, -0.15) is 0 Å². The van der Waals surface area contributed by atoms with Gasteiger partial charge in [0.15, 0.2) is 0 Å². The fourth-order valence-electron chi connectivity index (χ4n) is 3.55. The van der Waals surface area contributed by atoms with Gasteiger partial charge in [0.1, 0.15) is 12.3 Å². The Morgan fingerprint density at radius 3 is 2.51 bits per heavy atom. The number of aliphatic hydroxyl groups excluding tert-OH is 3. The average Bonchev–Trinajstić information content (AvgIpc) is 3.46. The maximum atomic E-state index is 12.7. The molecule has 2 aromatic heterocycles. The van der Waals surface area contributed by atoms with Gasteiger partial charge < -0.3 is 34.3 Å². The van der Waals surface area contributed by atoms with E-state index in [1.807, 2.05) is 0 Å². The van der Waals surface area contributed by atoms with Crippen molar-refractivity contribution in [1.82, 2.24) is 24.1 Å². The second-order valence-corrected chi connectivity index (χ2v) is 7.89. The molecule has 1 fully saturated rings. The van der Waals surface area contributed by atoms with Crippen LogP contribution in [-0.2, 0) is 38.5 Å². The lowest BCUT2D eigenvalue weighted by molar-refractivity contribution is -0.0464. The third-order valence-electron chi connectivity index (χ3n) is 5.41. The number of hydrogen-bond donors (Lipinski definition) is 3. The molecular formula is C21H33N5O9. The van der Waals surface area contributed by atoms with Gasteiger partial charge in [0.05, 0.1) is 77.7 Å². The Morgan fingerprint density at radius 1 is 1.03 bits per heavy atom. The molecule has 0 unspecified atom stereocenters. The largest absolute Gasteiger partial charge is 0.394 e. The molecule has 2 aromatic rings. The van der Waals surface area contributed by atoms with Crippen molar-refractivity contribution in [3.05, 3.63) is 45.0 Å². The molecule has 0 saturated carbocycles. The van der Waals surface area contributed by atoms with Crippen LogP contribution in [0.3, 0.4) is 0 Å². The minimum atomic E-state index is -0.886. The fraction of sp³-hybridized carbons (Fsp3) is 0.714. The molecule has 3 heterocycles. The van der Waals surface area contributed by atoms with E-state index in [1.165, 1.54) is 16.8 Å². The van der Waals surface area contributed by atoms with E-state index in [4.69, 9.17) is 24.1 Å². The third-order valence-corrected chi connectivity index (χ3v) is 5.41. The van der Waals surface area contributed by atoms with Crippen molar-refractivity contribution in [3.8, 4) is 0 Å². The Labute approximate surface area is 201 Å². The van der Waals surface area contributed by atoms with E-state index in [0.29, 0.717) is 46.0 Å². The third kappa shape index (κ3) is 8.03. The number of aromatic nitrogens is 5. The predicted octanol–water partition coefficient (Wildman–Crippen LogP) is -2.47. The molecule has 1 saturated heterocycles. The first kappa shape index (κ1) is 27.1. The van der Waals surface area contributed by atoms with Gasteiger partial charge in [-0.15, -0.1) is 5.10 Å². The Morgan fingerprint density at radius 2 is 1.77 bits per heavy atom. The minimum Gasteiger partial charge on any atom is -0.394 e. The summed E-state index contributed by atoms with van der Waals surface area (Å²) in [7, 11) is 0. The van der Waals surface area contributed by atoms with Gasteiger partial charge in [-0.1, -0.05) is 5.21 Å². The summed E-state index contributed by atoms with van der Waals surface area (Å²) in [5.41, 5.74) is -0.287. The van der Waals surface area contributed by atoms with Gasteiger partial charge in [-0.25, -0.2) is 9.48 Å². The van der Waals surface area contributed by atoms with E-state index in [9.17, 15) is 19.8 Å². The molecule has 3 N–H and O–H groups in total. The molecule has 1 aliphatic rings. The van der Waals surface area contributed by atoms with Crippen molar-refractivity contribution in [1.29, 1.82) is 0 Å². The predicted molar refractivity (Wildman–Crippen MR) is 120 cm³/mol. The van der Waals surface area contributed by atoms with Crippen LogP contribution in [0.1, 0.15) is 18.3 Å². The lowest BCUT2D eigenvalue weighted by Gasteiger charge is -2.16. The second kappa shape index (κ2) is 14.2. The lowest BCUT2D eigenvalue weighted by atomic mass is 10.2. The molecule has 0 amide bonds. The van der Waals surface area contributed by atoms with E-state index in [0.717, 1.165) is 10.3 Å². The molecule has 35 heavy (non-hydrogen) atoms. The van der Waals surface area contributed by atoms with Crippen molar-refractivity contribution >= 4 is 0 Å². The highest BCUT2D eigenvalue weighted by Gasteiger charge is 2.35. The number of hydrogen-bond acceptors (Lipinski definition) is 11. The van der Waals surface area contributed by atoms with Crippen molar-refractivity contribution in [3.63, 3.8) is 0 Å². The summed E-state index contributed by atoms with van der Waals surface area (Å²) in [5.74, 6) is 0. The van der Waals surface area contributed by atoms with Gasteiger partial charge in [0, 0.05) is 31.3 Å². The topological polar surface area (TPSA) is 172 Å². The van der Waals surface area contributed by atoms with Crippen molar-refractivity contribution in [2.45, 2.75) is 44.4 Å². The first-order valence-corrected chi connectivity index (χ1v) is 11.5. The van der Waals surface area contributed by atoms with E-state index < -0.39 is 29.7 Å². The van der Waals surface area contributed by atoms with Crippen LogP contribution < -0.4 is 11.2 Å². The van der Waals surface area contributed by atoms with Crippen molar-refractivity contribution < 1.29 is 34.3 Å². The zero-order valence-electron chi connectivity index (χ0n) is 19.5. The van der Waals surface area contributed by atoms with Gasteiger partial charge in [0.2, 0.25) is 0 Å². The highest BCUT2D eigenvalue weighted by Crippen LogP contribution is 2.26. The molecule has 3 rings (SSSR count). The Balaban J connectivity index is 1.38. The first-order valence-electron chi connectivity index (χ1n) is 11.5. The van der Waals surface area contributed by atoms with E-state index in [-0.39, 0.29) is 32.8 Å². The summed E-state index contributed by atoms with van der Waals surface area (Å²) in [5, 5.41) is 35.9. The van der Waals surface area contributed by atoms with E-state index in [1.54, 1.807) is 10.9 Å². The van der Waals surface area contributed by atoms with Gasteiger partial charge in [-0.3, -0.25) is 13.9 Å². The van der Waals surface area contributed by atoms with Crippen LogP contribution in [0.25, 0.3) is 0 Å². The van der Waals surface area contributed by atoms with Crippen molar-refractivity contribution in [2.75, 3.05) is 52.9 Å². The van der Waals surface area contributed by atoms with Crippen LogP contribution in [0.4, 0.5) is 0 Å². The molecular weight excluding hydrogens is 466 g/mol. The molecule has 0 radical (unpaired) electrons. The van der Waals surface area contributed by atoms with Crippen molar-refractivity contribution in [2.24, 2.45) is 0 Å². The molecule has 0 spiro atoms. The zero-order chi connectivity index (χ0) is 25.0. The number of rotatable bonds is 16. The van der Waals surface area contributed by atoms with E-state index >= 15 is 0 Å². The normalized spacial score (nSPS) is 20.0. The molecule has 0 bridgehead atoms. The van der Waals surface area contributed by atoms with E-state index in [2.05, 4.69) is 10.3 Å². The molecule has 14 nitrogen and oxygen atoms in total. The molecule has 14 heteroatoms. The smallest absolute Gasteiger partial charge is 0.333 e. The second-order valence-electron chi connectivity index (χ2n) is 7.89. The average molecular weight is 500 g/mol. The standard InChI is InChI=1S/C21H33N5O9/c27-6-10-34-12-11-33-8-4-24-14-16(22-23-24)2-7-32-9-5-25-19(30)1-3-26(21(25)31)20-13-17(29)18(15-28)35-20/h1,3,14,17-18,20,27-29H,2,4-13,15H2/t17-,18+,20+/m0/s1. The summed E-state index contributed by atoms with van der Waals surface area (Å²) in [6.07, 6.45) is 1.38. The Kier molecular flexibility index (Phi) is 11.0. The van der Waals surface area contributed by atoms with Crippen LogP contribution in [-0.4, -0.2) is 105 Å². The first-order chi connectivity index (χ1) is 17.0. The van der Waals surface area contributed by atoms with Crippen LogP contribution in [0.15, 0.2) is 28.0 Å². The van der Waals surface area contributed by atoms with Gasteiger partial charge in [-0.05, 0) is 0 Å². The monoisotopic (exact) mass is 499 g/mol. The molecule has 1 aliphatic heterocycles. The van der Waals surface area contributed by atoms with Crippen LogP contribution in [0, 0.1) is 0 Å². The maximum absolute atomic E-state index is 12.7. The summed E-state index contributed by atoms with van der Waals surface area (Å²) >= 11 is 0. The zero-order valence-corrected chi connectivity index (χ0v) is 19.5. The number of nitrogens with zero attached hydrogens (tertiary/aromatic N) is 5. The quantitative estimate of drug-likeness (QED) is 0.209. The van der Waals surface area contributed by atoms with Gasteiger partial charge in [0.25, 0.3) is 5.56 Å². The highest BCUT2D eigenvalue weighted by atomic mass is 16.5. The Bertz CT molecular complexity index is 1010. The fourth-order valence-corrected chi connectivity index (χ4v) is 3.55. The number of aliphatic hydroxyl groups is 3. The minimum absolute atomic E-state index is 0.00993.